The van der Waals surface area contributed by atoms with E-state index in [0.29, 0.717) is 18.3 Å². The fraction of sp³-hybridized carbons (Fsp3) is 0.265. The zero-order chi connectivity index (χ0) is 43.2. The zero-order valence-corrected chi connectivity index (χ0v) is 35.3. The van der Waals surface area contributed by atoms with Gasteiger partial charge in [-0.05, 0) is 85.3 Å². The first kappa shape index (κ1) is 42.4. The molecule has 61 heavy (non-hydrogen) atoms. The monoisotopic (exact) mass is 818 g/mol. The van der Waals surface area contributed by atoms with E-state index in [2.05, 4.69) is 51.7 Å². The molecule has 0 aliphatic heterocycles. The van der Waals surface area contributed by atoms with Crippen LogP contribution in [-0.4, -0.2) is 53.4 Å². The molecule has 2 heterocycles. The molecule has 0 aliphatic carbocycles. The molecule has 0 saturated heterocycles. The van der Waals surface area contributed by atoms with Crippen LogP contribution in [0.2, 0.25) is 0 Å². The Bertz CT molecular complexity index is 2480. The van der Waals surface area contributed by atoms with E-state index in [-0.39, 0.29) is 31.3 Å². The molecule has 7 rings (SSSR count). The first-order chi connectivity index (χ1) is 29.3. The molecule has 7 aromatic rings. The van der Waals surface area contributed by atoms with Gasteiger partial charge in [0, 0.05) is 12.2 Å². The first-order valence-corrected chi connectivity index (χ1v) is 20.2. The Labute approximate surface area is 355 Å². The number of esters is 2. The van der Waals surface area contributed by atoms with Crippen molar-refractivity contribution in [2.75, 3.05) is 6.61 Å². The summed E-state index contributed by atoms with van der Waals surface area (Å²) in [5.74, 6) is -0.297. The Morgan fingerprint density at radius 3 is 1.74 bits per heavy atom. The summed E-state index contributed by atoms with van der Waals surface area (Å²) in [6, 6.07) is 46.5. The molecule has 0 saturated carbocycles. The lowest BCUT2D eigenvalue weighted by Gasteiger charge is -2.36. The lowest BCUT2D eigenvalue weighted by Crippen LogP contribution is -2.39. The summed E-state index contributed by atoms with van der Waals surface area (Å²) in [7, 11) is 0. The second-order valence-electron chi connectivity index (χ2n) is 16.2. The number of benzene rings is 5. The maximum absolute atomic E-state index is 13.7. The molecule has 12 nitrogen and oxygen atoms in total. The number of rotatable bonds is 15. The van der Waals surface area contributed by atoms with Gasteiger partial charge in [-0.25, -0.2) is 14.5 Å². The van der Waals surface area contributed by atoms with Gasteiger partial charge < -0.3 is 19.3 Å². The molecule has 0 aliphatic rings. The van der Waals surface area contributed by atoms with E-state index in [0.717, 1.165) is 38.9 Å². The van der Waals surface area contributed by atoms with Crippen LogP contribution in [-0.2, 0) is 50.1 Å². The molecule has 0 radical (unpaired) electrons. The van der Waals surface area contributed by atoms with Crippen LogP contribution in [0, 0.1) is 5.41 Å². The number of carbonyl (C=O) groups excluding carboxylic acids is 2. The van der Waals surface area contributed by atoms with E-state index in [9.17, 15) is 14.7 Å². The van der Waals surface area contributed by atoms with Crippen LogP contribution >= 0.6 is 0 Å². The Balaban J connectivity index is 1.20. The van der Waals surface area contributed by atoms with Gasteiger partial charge in [-0.3, -0.25) is 9.36 Å². The minimum atomic E-state index is -1.54. The van der Waals surface area contributed by atoms with Crippen molar-refractivity contribution in [1.82, 2.24) is 29.8 Å². The van der Waals surface area contributed by atoms with Crippen molar-refractivity contribution in [1.29, 1.82) is 0 Å². The fourth-order valence-corrected chi connectivity index (χ4v) is 7.46. The highest BCUT2D eigenvalue weighted by Crippen LogP contribution is 2.43. The highest BCUT2D eigenvalue weighted by Gasteiger charge is 2.42. The summed E-state index contributed by atoms with van der Waals surface area (Å²) in [4.78, 5) is 30.9. The van der Waals surface area contributed by atoms with Gasteiger partial charge in [-0.2, -0.15) is 0 Å². The third-order valence-electron chi connectivity index (χ3n) is 10.4. The number of hydrogen-bond acceptors (Lipinski definition) is 10. The van der Waals surface area contributed by atoms with Crippen LogP contribution in [0.25, 0.3) is 22.5 Å². The van der Waals surface area contributed by atoms with E-state index in [1.807, 2.05) is 115 Å². The predicted molar refractivity (Wildman–Crippen MR) is 231 cm³/mol. The summed E-state index contributed by atoms with van der Waals surface area (Å²) < 4.78 is 20.4. The van der Waals surface area contributed by atoms with Crippen LogP contribution in [0.5, 0.6) is 0 Å². The normalized spacial score (nSPS) is 12.0. The second kappa shape index (κ2) is 17.8. The Hall–Kier alpha value is -6.76. The summed E-state index contributed by atoms with van der Waals surface area (Å²) >= 11 is 0. The van der Waals surface area contributed by atoms with Gasteiger partial charge in [0.1, 0.15) is 30.2 Å². The molecular weight excluding hydrogens is 769 g/mol. The number of tetrazole rings is 1. The van der Waals surface area contributed by atoms with Crippen molar-refractivity contribution in [3.63, 3.8) is 0 Å². The molecule has 0 amide bonds. The maximum Gasteiger partial charge on any atom is 0.359 e. The van der Waals surface area contributed by atoms with Crippen molar-refractivity contribution in [3.8, 4) is 22.5 Å². The number of aliphatic hydroxyl groups is 1. The highest BCUT2D eigenvalue weighted by molar-refractivity contribution is 5.89. The van der Waals surface area contributed by atoms with Gasteiger partial charge in [-0.15, -0.1) is 5.10 Å². The minimum absolute atomic E-state index is 0.0288. The quantitative estimate of drug-likeness (QED) is 0.0788. The van der Waals surface area contributed by atoms with Gasteiger partial charge >= 0.3 is 11.9 Å². The average Bonchev–Trinajstić information content (AvgIpc) is 3.91. The molecule has 0 fully saturated rings. The average molecular weight is 819 g/mol. The number of carbonyl (C=O) groups is 2. The van der Waals surface area contributed by atoms with E-state index in [4.69, 9.17) is 19.4 Å². The van der Waals surface area contributed by atoms with Gasteiger partial charge in [-0.1, -0.05) is 140 Å². The van der Waals surface area contributed by atoms with E-state index < -0.39 is 28.5 Å². The zero-order valence-electron chi connectivity index (χ0n) is 35.3. The van der Waals surface area contributed by atoms with Gasteiger partial charge in [0.15, 0.2) is 18.2 Å². The van der Waals surface area contributed by atoms with Crippen LogP contribution in [0.15, 0.2) is 140 Å². The van der Waals surface area contributed by atoms with Gasteiger partial charge in [0.25, 0.3) is 0 Å². The largest absolute Gasteiger partial charge is 0.456 e. The van der Waals surface area contributed by atoms with E-state index >= 15 is 0 Å². The summed E-state index contributed by atoms with van der Waals surface area (Å²) in [6.07, 6.45) is 0. The van der Waals surface area contributed by atoms with Crippen LogP contribution in [0.3, 0.4) is 0 Å². The number of nitrogens with zero attached hydrogens (tertiary/aromatic N) is 6. The number of aromatic nitrogens is 6. The van der Waals surface area contributed by atoms with Crippen molar-refractivity contribution < 1.29 is 28.9 Å². The molecule has 0 unspecified atom stereocenters. The lowest BCUT2D eigenvalue weighted by molar-refractivity contribution is -0.157. The maximum atomic E-state index is 13.7. The molecule has 0 bridgehead atoms. The number of hydrogen-bond donors (Lipinski definition) is 1. The molecule has 5 aromatic carbocycles. The van der Waals surface area contributed by atoms with Crippen LogP contribution in [0.1, 0.15) is 85.8 Å². The van der Waals surface area contributed by atoms with Crippen LogP contribution < -0.4 is 0 Å². The third-order valence-corrected chi connectivity index (χ3v) is 10.4. The summed E-state index contributed by atoms with van der Waals surface area (Å²) in [5.41, 5.74) is 3.17. The molecular formula is C49H50N6O6. The van der Waals surface area contributed by atoms with Crippen molar-refractivity contribution in [2.24, 2.45) is 5.41 Å². The molecule has 1 N–H and O–H groups in total. The van der Waals surface area contributed by atoms with E-state index in [1.165, 1.54) is 18.4 Å². The third kappa shape index (κ3) is 8.77. The summed E-state index contributed by atoms with van der Waals surface area (Å²) in [6.45, 7) is 10.2. The smallest absolute Gasteiger partial charge is 0.359 e. The van der Waals surface area contributed by atoms with Crippen molar-refractivity contribution in [3.05, 3.63) is 179 Å². The molecule has 312 valence electrons. The first-order valence-electron chi connectivity index (χ1n) is 20.2. The predicted octanol–water partition coefficient (Wildman–Crippen LogP) is 8.71. The minimum Gasteiger partial charge on any atom is -0.456 e. The van der Waals surface area contributed by atoms with Gasteiger partial charge in [0.05, 0.1) is 11.1 Å². The molecule has 2 aromatic heterocycles. The fourth-order valence-electron chi connectivity index (χ4n) is 7.46. The molecule has 0 atom stereocenters. The number of imidazole rings is 1. The van der Waals surface area contributed by atoms with Crippen molar-refractivity contribution in [2.45, 2.75) is 72.6 Å². The Morgan fingerprint density at radius 2 is 1.21 bits per heavy atom. The SMILES string of the molecule is CCOCc1nc(C(=O)OCc2ccc(-c3ccccc3-c3nnnn3C(c3ccccc3)(c3ccccc3)c3ccccc3)cc2)c(C(C)(C)O)n1COC(=O)C(C)(C)C. The topological polar surface area (TPSA) is 143 Å². The van der Waals surface area contributed by atoms with E-state index in [1.54, 1.807) is 20.8 Å². The highest BCUT2D eigenvalue weighted by atomic mass is 16.5. The standard InChI is InChI=1S/C49H50N6O6/c1-7-59-32-41-50-42(43(48(5,6)58)54(41)33-61-46(57)47(2,3)4)45(56)60-31-34-27-29-35(30-28-34)39-25-17-18-26-40(39)44-51-52-53-55(44)49(36-19-11-8-12-20-36,37-21-13-9-14-22-37)38-23-15-10-16-24-38/h8-30,58H,7,31-33H2,1-6H3. The second-order valence-corrected chi connectivity index (χ2v) is 16.2. The lowest BCUT2D eigenvalue weighted by atomic mass is 9.77. The number of ether oxygens (including phenoxy) is 3. The van der Waals surface area contributed by atoms with Crippen LogP contribution in [0.4, 0.5) is 0 Å². The molecule has 12 heteroatoms. The Morgan fingerprint density at radius 1 is 0.672 bits per heavy atom. The molecule has 0 spiro atoms. The van der Waals surface area contributed by atoms with Gasteiger partial charge in [0.2, 0.25) is 0 Å². The van der Waals surface area contributed by atoms with Crippen molar-refractivity contribution >= 4 is 11.9 Å². The Kier molecular flexibility index (Phi) is 12.4. The summed E-state index contributed by atoms with van der Waals surface area (Å²) in [5, 5.41) is 25.0.